The van der Waals surface area contributed by atoms with Crippen molar-refractivity contribution in [2.24, 2.45) is 0 Å². The summed E-state index contributed by atoms with van der Waals surface area (Å²) in [6.45, 7) is 2.39. The molecule has 1 aliphatic carbocycles. The van der Waals surface area contributed by atoms with Gasteiger partial charge >= 0.3 is 6.09 Å². The van der Waals surface area contributed by atoms with Gasteiger partial charge in [-0.3, -0.25) is 0 Å². The Morgan fingerprint density at radius 3 is 2.92 bits per heavy atom. The Morgan fingerprint density at radius 2 is 2.15 bits per heavy atom. The largest absolute Gasteiger partial charge is 0.439 e. The fourth-order valence-corrected chi connectivity index (χ4v) is 3.42. The molecule has 2 aromatic rings. The zero-order valence-corrected chi connectivity index (χ0v) is 14.5. The molecule has 0 bridgehead atoms. The smallest absolute Gasteiger partial charge is 0.408 e. The van der Waals surface area contributed by atoms with Crippen LogP contribution in [0.5, 0.6) is 0 Å². The monoisotopic (exact) mass is 351 g/mol. The van der Waals surface area contributed by atoms with Crippen LogP contribution in [0.25, 0.3) is 11.3 Å². The lowest BCUT2D eigenvalue weighted by Crippen LogP contribution is -2.30. The van der Waals surface area contributed by atoms with E-state index in [1.165, 1.54) is 0 Å². The number of carbonyl (C=O) groups is 1. The maximum Gasteiger partial charge on any atom is 0.408 e. The first-order chi connectivity index (χ1) is 12.6. The van der Waals surface area contributed by atoms with E-state index in [1.807, 2.05) is 48.6 Å². The minimum Gasteiger partial charge on any atom is -0.439 e. The molecule has 1 aliphatic heterocycles. The third-order valence-electron chi connectivity index (χ3n) is 4.61. The molecule has 2 heterocycles. The quantitative estimate of drug-likeness (QED) is 0.867. The maximum atomic E-state index is 11.4. The molecule has 1 fully saturated rings. The highest BCUT2D eigenvalue weighted by Gasteiger charge is 2.32. The van der Waals surface area contributed by atoms with Gasteiger partial charge in [-0.15, -0.1) is 0 Å². The first-order valence-electron chi connectivity index (χ1n) is 8.73. The molecule has 4 rings (SSSR count). The van der Waals surface area contributed by atoms with Crippen molar-refractivity contribution in [2.45, 2.75) is 38.1 Å². The zero-order chi connectivity index (χ0) is 18.1. The number of nitrogens with one attached hydrogen (secondary N) is 1. The number of allylic oxidation sites excluding steroid dienone is 2. The summed E-state index contributed by atoms with van der Waals surface area (Å²) in [4.78, 5) is 16.0. The first-order valence-corrected chi connectivity index (χ1v) is 8.73. The van der Waals surface area contributed by atoms with Crippen molar-refractivity contribution in [3.8, 4) is 11.3 Å². The maximum absolute atomic E-state index is 11.4. The van der Waals surface area contributed by atoms with Crippen molar-refractivity contribution in [2.75, 3.05) is 0 Å². The summed E-state index contributed by atoms with van der Waals surface area (Å²) < 4.78 is 7.31. The van der Waals surface area contributed by atoms with E-state index in [0.29, 0.717) is 13.0 Å². The topological polar surface area (TPSA) is 76.4 Å². The van der Waals surface area contributed by atoms with Crippen LogP contribution in [0, 0.1) is 0 Å². The molecule has 1 amide bonds. The molecule has 2 N–H and O–H groups in total. The van der Waals surface area contributed by atoms with Crippen LogP contribution in [0.1, 0.15) is 12.6 Å². The molecule has 26 heavy (non-hydrogen) atoms. The average molecular weight is 351 g/mol. The van der Waals surface area contributed by atoms with Crippen LogP contribution in [0.3, 0.4) is 0 Å². The number of fused-ring (bicyclic) bond motifs is 1. The number of hydrogen-bond donors (Lipinski definition) is 2. The van der Waals surface area contributed by atoms with Gasteiger partial charge in [0.25, 0.3) is 0 Å². The summed E-state index contributed by atoms with van der Waals surface area (Å²) in [6, 6.07) is 9.88. The number of ether oxygens (including phenoxy) is 1. The molecule has 134 valence electrons. The molecule has 0 radical (unpaired) electrons. The second kappa shape index (κ2) is 6.80. The number of amides is 1. The molecule has 0 saturated carbocycles. The molecule has 3 unspecified atom stereocenters. The Hall–Kier alpha value is -2.86. The van der Waals surface area contributed by atoms with Gasteiger partial charge in [-0.25, -0.2) is 9.78 Å². The number of rotatable bonds is 5. The summed E-state index contributed by atoms with van der Waals surface area (Å²) in [5.41, 5.74) is 3.96. The van der Waals surface area contributed by atoms with E-state index in [-0.39, 0.29) is 18.2 Å². The summed E-state index contributed by atoms with van der Waals surface area (Å²) in [6.07, 6.45) is 7.14. The zero-order valence-electron chi connectivity index (χ0n) is 14.5. The van der Waals surface area contributed by atoms with Crippen molar-refractivity contribution in [1.82, 2.24) is 14.9 Å². The van der Waals surface area contributed by atoms with E-state index in [9.17, 15) is 9.90 Å². The first kappa shape index (κ1) is 16.6. The number of nitrogens with zero attached hydrogens (tertiary/aromatic N) is 2. The number of aliphatic hydroxyl groups excluding tert-OH is 1. The highest BCUT2D eigenvalue weighted by atomic mass is 16.6. The standard InChI is InChI=1S/C20H21N3O3/c1-13(24)9-17-19(15-5-3-2-4-6-15)21-12-23(17)11-14-7-8-16-18(10-14)26-20(25)22-16/h2-8,10,12-13,16,18,24H,9,11H2,1H3,(H,22,25). The normalized spacial score (nSPS) is 22.4. The van der Waals surface area contributed by atoms with E-state index < -0.39 is 6.10 Å². The van der Waals surface area contributed by atoms with Gasteiger partial charge in [-0.05, 0) is 18.6 Å². The third kappa shape index (κ3) is 3.28. The number of aliphatic hydroxyl groups is 1. The molecule has 6 nitrogen and oxygen atoms in total. The second-order valence-corrected chi connectivity index (χ2v) is 6.73. The molecular formula is C20H21N3O3. The third-order valence-corrected chi connectivity index (χ3v) is 4.61. The van der Waals surface area contributed by atoms with Crippen molar-refractivity contribution < 1.29 is 14.6 Å². The number of aromatic nitrogens is 2. The summed E-state index contributed by atoms with van der Waals surface area (Å²) in [5, 5.41) is 12.7. The van der Waals surface area contributed by atoms with Crippen molar-refractivity contribution in [3.63, 3.8) is 0 Å². The van der Waals surface area contributed by atoms with Crippen LogP contribution >= 0.6 is 0 Å². The van der Waals surface area contributed by atoms with Crippen LogP contribution in [-0.2, 0) is 17.7 Å². The number of hydrogen-bond acceptors (Lipinski definition) is 4. The molecule has 1 aromatic carbocycles. The Labute approximate surface area is 151 Å². The van der Waals surface area contributed by atoms with Crippen molar-refractivity contribution in [3.05, 3.63) is 66.2 Å². The minimum absolute atomic E-state index is 0.0918. The van der Waals surface area contributed by atoms with E-state index in [1.54, 1.807) is 13.3 Å². The summed E-state index contributed by atoms with van der Waals surface area (Å²) >= 11 is 0. The van der Waals surface area contributed by atoms with Crippen LogP contribution in [0.2, 0.25) is 0 Å². The Balaban J connectivity index is 1.62. The SMILES string of the molecule is CC(O)Cc1c(-c2ccccc2)ncn1CC1=CC2OC(=O)NC2C=C1. The van der Waals surface area contributed by atoms with E-state index in [2.05, 4.69) is 14.9 Å². The van der Waals surface area contributed by atoms with E-state index in [4.69, 9.17) is 4.74 Å². The van der Waals surface area contributed by atoms with E-state index >= 15 is 0 Å². The second-order valence-electron chi connectivity index (χ2n) is 6.73. The number of benzene rings is 1. The van der Waals surface area contributed by atoms with Gasteiger partial charge in [0.15, 0.2) is 0 Å². The van der Waals surface area contributed by atoms with Crippen LogP contribution in [-0.4, -0.2) is 39.0 Å². The molecule has 2 aliphatic rings. The van der Waals surface area contributed by atoms with E-state index in [0.717, 1.165) is 22.5 Å². The molecule has 1 aromatic heterocycles. The van der Waals surface area contributed by atoms with Crippen LogP contribution in [0.15, 0.2) is 60.5 Å². The predicted molar refractivity (Wildman–Crippen MR) is 97.5 cm³/mol. The van der Waals surface area contributed by atoms with Crippen LogP contribution < -0.4 is 5.32 Å². The lowest BCUT2D eigenvalue weighted by molar-refractivity contribution is 0.155. The number of carbonyl (C=O) groups excluding carboxylic acids is 1. The lowest BCUT2D eigenvalue weighted by atomic mass is 10.0. The van der Waals surface area contributed by atoms with Gasteiger partial charge in [0.05, 0.1) is 24.2 Å². The van der Waals surface area contributed by atoms with Gasteiger partial charge in [-0.2, -0.15) is 0 Å². The Kier molecular flexibility index (Phi) is 4.34. The number of alkyl carbamates (subject to hydrolysis) is 1. The van der Waals surface area contributed by atoms with Gasteiger partial charge in [0, 0.05) is 24.2 Å². The molecular weight excluding hydrogens is 330 g/mol. The Bertz CT molecular complexity index is 868. The average Bonchev–Trinajstić information content (AvgIpc) is 3.18. The predicted octanol–water partition coefficient (Wildman–Crippen LogP) is 2.45. The van der Waals surface area contributed by atoms with Crippen molar-refractivity contribution >= 4 is 6.09 Å². The summed E-state index contributed by atoms with van der Waals surface area (Å²) in [7, 11) is 0. The van der Waals surface area contributed by atoms with Gasteiger partial charge in [0.1, 0.15) is 6.10 Å². The highest BCUT2D eigenvalue weighted by molar-refractivity contribution is 5.71. The van der Waals surface area contributed by atoms with Crippen molar-refractivity contribution in [1.29, 1.82) is 0 Å². The molecule has 0 spiro atoms. The molecule has 1 saturated heterocycles. The van der Waals surface area contributed by atoms with Gasteiger partial charge in [0.2, 0.25) is 0 Å². The minimum atomic E-state index is -0.465. The number of imidazole rings is 1. The molecule has 6 heteroatoms. The fraction of sp³-hybridized carbons (Fsp3) is 0.300. The van der Waals surface area contributed by atoms with Gasteiger partial charge in [-0.1, -0.05) is 42.5 Å². The fourth-order valence-electron chi connectivity index (χ4n) is 3.42. The van der Waals surface area contributed by atoms with Gasteiger partial charge < -0.3 is 19.7 Å². The molecule has 3 atom stereocenters. The highest BCUT2D eigenvalue weighted by Crippen LogP contribution is 2.26. The Morgan fingerprint density at radius 1 is 1.35 bits per heavy atom. The lowest BCUT2D eigenvalue weighted by Gasteiger charge is -2.18. The summed E-state index contributed by atoms with van der Waals surface area (Å²) in [5.74, 6) is 0. The van der Waals surface area contributed by atoms with Crippen LogP contribution in [0.4, 0.5) is 4.79 Å².